The predicted molar refractivity (Wildman–Crippen MR) is 66.1 cm³/mol. The van der Waals surface area contributed by atoms with Gasteiger partial charge in [-0.05, 0) is 18.2 Å². The molecule has 0 aliphatic carbocycles. The molecule has 0 heterocycles. The van der Waals surface area contributed by atoms with Gasteiger partial charge in [-0.2, -0.15) is 0 Å². The van der Waals surface area contributed by atoms with Crippen molar-refractivity contribution in [2.75, 3.05) is 14.2 Å². The molecule has 0 saturated heterocycles. The quantitative estimate of drug-likeness (QED) is 0.623. The van der Waals surface area contributed by atoms with Gasteiger partial charge in [-0.3, -0.25) is 10.5 Å². The van der Waals surface area contributed by atoms with Crippen LogP contribution in [0.5, 0.6) is 11.5 Å². The molecule has 1 amide bonds. The summed E-state index contributed by atoms with van der Waals surface area (Å²) in [6.07, 6.45) is -0.0147. The van der Waals surface area contributed by atoms with E-state index in [1.807, 2.05) is 0 Å². The third kappa shape index (κ3) is 3.35. The number of amides is 1. The van der Waals surface area contributed by atoms with Gasteiger partial charge in [0, 0.05) is 18.4 Å². The number of nitrogens with two attached hydrogens (primary N) is 2. The second-order valence-electron chi connectivity index (χ2n) is 3.96. The zero-order valence-corrected chi connectivity index (χ0v) is 10.5. The van der Waals surface area contributed by atoms with Gasteiger partial charge >= 0.3 is 0 Å². The number of aliphatic hydroxyl groups is 1. The number of hydrogen-bond acceptors (Lipinski definition) is 5. The number of methoxy groups -OCH3 is 2. The maximum atomic E-state index is 10.8. The fourth-order valence-corrected chi connectivity index (χ4v) is 1.60. The molecule has 0 spiro atoms. The molecule has 100 valence electrons. The van der Waals surface area contributed by atoms with Crippen LogP contribution in [0.3, 0.4) is 0 Å². The summed E-state index contributed by atoms with van der Waals surface area (Å²) < 4.78 is 10.2. The molecule has 0 bridgehead atoms. The Kier molecular flexibility index (Phi) is 4.52. The second-order valence-corrected chi connectivity index (χ2v) is 3.96. The maximum absolute atomic E-state index is 10.8. The summed E-state index contributed by atoms with van der Waals surface area (Å²) >= 11 is 0. The summed E-state index contributed by atoms with van der Waals surface area (Å²) in [5, 5.41) is 10.2. The summed E-state index contributed by atoms with van der Waals surface area (Å²) in [4.78, 5) is 10.8. The van der Waals surface area contributed by atoms with Crippen molar-refractivity contribution in [3.8, 4) is 11.5 Å². The normalized spacial score (nSPS) is 13.8. The molecule has 0 aliphatic rings. The van der Waals surface area contributed by atoms with Crippen molar-refractivity contribution in [3.63, 3.8) is 0 Å². The lowest BCUT2D eigenvalue weighted by atomic mass is 9.97. The van der Waals surface area contributed by atoms with Gasteiger partial charge in [-0.15, -0.1) is 0 Å². The first-order valence-corrected chi connectivity index (χ1v) is 5.42. The molecular formula is C12H18N2O4. The standard InChI is InChI=1S/C12H18N2O4/c1-17-8-3-4-10(18-2)9(7-8)12(14,16)6-5-11(13)15/h3-4,7,16H,5-6,14H2,1-2H3,(H2,13,15). The highest BCUT2D eigenvalue weighted by Gasteiger charge is 2.28. The Labute approximate surface area is 105 Å². The lowest BCUT2D eigenvalue weighted by molar-refractivity contribution is -0.119. The average Bonchev–Trinajstić information content (AvgIpc) is 2.35. The maximum Gasteiger partial charge on any atom is 0.217 e. The van der Waals surface area contributed by atoms with Gasteiger partial charge < -0.3 is 20.3 Å². The molecule has 1 aromatic rings. The highest BCUT2D eigenvalue weighted by Crippen LogP contribution is 2.32. The van der Waals surface area contributed by atoms with E-state index in [2.05, 4.69) is 0 Å². The number of carbonyl (C=O) groups excluding carboxylic acids is 1. The number of primary amides is 1. The van der Waals surface area contributed by atoms with Crippen molar-refractivity contribution < 1.29 is 19.4 Å². The van der Waals surface area contributed by atoms with Gasteiger partial charge in [0.25, 0.3) is 0 Å². The minimum absolute atomic E-state index is 0.00581. The SMILES string of the molecule is COc1ccc(OC)c(C(N)(O)CCC(N)=O)c1. The smallest absolute Gasteiger partial charge is 0.217 e. The van der Waals surface area contributed by atoms with Crippen molar-refractivity contribution in [3.05, 3.63) is 23.8 Å². The predicted octanol–water partition coefficient (Wildman–Crippen LogP) is 0.0731. The number of carbonyl (C=O) groups is 1. The van der Waals surface area contributed by atoms with E-state index < -0.39 is 11.6 Å². The third-order valence-electron chi connectivity index (χ3n) is 2.63. The molecule has 0 aromatic heterocycles. The fraction of sp³-hybridized carbons (Fsp3) is 0.417. The molecule has 6 nitrogen and oxygen atoms in total. The zero-order chi connectivity index (χ0) is 13.8. The van der Waals surface area contributed by atoms with Crippen molar-refractivity contribution in [2.24, 2.45) is 11.5 Å². The molecule has 1 unspecified atom stereocenters. The van der Waals surface area contributed by atoms with E-state index in [1.165, 1.54) is 14.2 Å². The van der Waals surface area contributed by atoms with Crippen LogP contribution in [0.1, 0.15) is 18.4 Å². The number of benzene rings is 1. The number of rotatable bonds is 6. The van der Waals surface area contributed by atoms with Crippen molar-refractivity contribution in [1.82, 2.24) is 0 Å². The topological polar surface area (TPSA) is 108 Å². The summed E-state index contributed by atoms with van der Waals surface area (Å²) in [5.41, 5.74) is 9.49. The Morgan fingerprint density at radius 1 is 1.39 bits per heavy atom. The van der Waals surface area contributed by atoms with Crippen LogP contribution in [-0.2, 0) is 10.5 Å². The molecule has 0 radical (unpaired) electrons. The third-order valence-corrected chi connectivity index (χ3v) is 2.63. The van der Waals surface area contributed by atoms with E-state index in [4.69, 9.17) is 20.9 Å². The molecule has 6 heteroatoms. The van der Waals surface area contributed by atoms with Crippen LogP contribution < -0.4 is 20.9 Å². The van der Waals surface area contributed by atoms with Crippen LogP contribution in [0.25, 0.3) is 0 Å². The number of hydrogen-bond donors (Lipinski definition) is 3. The van der Waals surface area contributed by atoms with Gasteiger partial charge in [-0.1, -0.05) is 0 Å². The van der Waals surface area contributed by atoms with Gasteiger partial charge in [0.15, 0.2) is 0 Å². The highest BCUT2D eigenvalue weighted by atomic mass is 16.5. The Bertz CT molecular complexity index is 432. The summed E-state index contributed by atoms with van der Waals surface area (Å²) in [6, 6.07) is 4.89. The van der Waals surface area contributed by atoms with Crippen LogP contribution in [-0.4, -0.2) is 25.2 Å². The minimum atomic E-state index is -1.70. The van der Waals surface area contributed by atoms with Crippen LogP contribution in [0.15, 0.2) is 18.2 Å². The lowest BCUT2D eigenvalue weighted by Gasteiger charge is -2.25. The van der Waals surface area contributed by atoms with Crippen LogP contribution in [0, 0.1) is 0 Å². The Hall–Kier alpha value is -1.79. The van der Waals surface area contributed by atoms with Crippen molar-refractivity contribution in [1.29, 1.82) is 0 Å². The fourth-order valence-electron chi connectivity index (χ4n) is 1.60. The first kappa shape index (κ1) is 14.3. The Morgan fingerprint density at radius 3 is 2.56 bits per heavy atom. The van der Waals surface area contributed by atoms with Gasteiger partial charge in [0.2, 0.25) is 5.91 Å². The van der Waals surface area contributed by atoms with Crippen LogP contribution in [0.2, 0.25) is 0 Å². The molecule has 0 aliphatic heterocycles. The molecule has 18 heavy (non-hydrogen) atoms. The summed E-state index contributed by atoms with van der Waals surface area (Å²) in [7, 11) is 2.97. The van der Waals surface area contributed by atoms with E-state index >= 15 is 0 Å². The monoisotopic (exact) mass is 254 g/mol. The van der Waals surface area contributed by atoms with E-state index in [1.54, 1.807) is 18.2 Å². The first-order valence-electron chi connectivity index (χ1n) is 5.42. The minimum Gasteiger partial charge on any atom is -0.497 e. The van der Waals surface area contributed by atoms with E-state index in [9.17, 15) is 9.90 Å². The molecule has 1 aromatic carbocycles. The van der Waals surface area contributed by atoms with Gasteiger partial charge in [-0.25, -0.2) is 0 Å². The second kappa shape index (κ2) is 5.70. The van der Waals surface area contributed by atoms with E-state index in [0.717, 1.165) is 0 Å². The average molecular weight is 254 g/mol. The largest absolute Gasteiger partial charge is 0.497 e. The number of ether oxygens (including phenoxy) is 2. The Balaban J connectivity index is 3.07. The molecule has 1 rings (SSSR count). The first-order chi connectivity index (χ1) is 8.40. The van der Waals surface area contributed by atoms with Crippen LogP contribution in [0.4, 0.5) is 0 Å². The lowest BCUT2D eigenvalue weighted by Crippen LogP contribution is -2.37. The Morgan fingerprint density at radius 2 is 2.06 bits per heavy atom. The van der Waals surface area contributed by atoms with Gasteiger partial charge in [0.05, 0.1) is 14.2 Å². The van der Waals surface area contributed by atoms with Crippen molar-refractivity contribution in [2.45, 2.75) is 18.6 Å². The van der Waals surface area contributed by atoms with Crippen LogP contribution >= 0.6 is 0 Å². The zero-order valence-electron chi connectivity index (χ0n) is 10.5. The van der Waals surface area contributed by atoms with E-state index in [-0.39, 0.29) is 12.8 Å². The summed E-state index contributed by atoms with van der Waals surface area (Å²) in [5.74, 6) is 0.430. The van der Waals surface area contributed by atoms with Gasteiger partial charge in [0.1, 0.15) is 17.2 Å². The van der Waals surface area contributed by atoms with E-state index in [0.29, 0.717) is 17.1 Å². The molecular weight excluding hydrogens is 236 g/mol. The molecule has 0 fully saturated rings. The highest BCUT2D eigenvalue weighted by molar-refractivity contribution is 5.73. The molecule has 1 atom stereocenters. The molecule has 0 saturated carbocycles. The van der Waals surface area contributed by atoms with Crippen molar-refractivity contribution >= 4 is 5.91 Å². The molecule has 5 N–H and O–H groups in total. The summed E-state index contributed by atoms with van der Waals surface area (Å²) in [6.45, 7) is 0.